The predicted octanol–water partition coefficient (Wildman–Crippen LogP) is 3.59. The highest BCUT2D eigenvalue weighted by Gasteiger charge is 2.26. The minimum Gasteiger partial charge on any atom is -0.469 e. The van der Waals surface area contributed by atoms with E-state index in [0.717, 1.165) is 11.3 Å². The fraction of sp³-hybridized carbons (Fsp3) is 0.312. The Kier molecular flexibility index (Phi) is 5.00. The van der Waals surface area contributed by atoms with Gasteiger partial charge in [0.05, 0.1) is 28.9 Å². The number of furan rings is 1. The lowest BCUT2D eigenvalue weighted by atomic mass is 10.1. The number of carbonyl (C=O) groups excluding carboxylic acids is 3. The van der Waals surface area contributed by atoms with Gasteiger partial charge in [-0.1, -0.05) is 0 Å². The molecule has 6 nitrogen and oxygen atoms in total. The van der Waals surface area contributed by atoms with Crippen molar-refractivity contribution in [2.75, 3.05) is 11.9 Å². The molecule has 2 rings (SSSR count). The Morgan fingerprint density at radius 1 is 1.30 bits per heavy atom. The van der Waals surface area contributed by atoms with Crippen molar-refractivity contribution in [1.82, 2.24) is 0 Å². The summed E-state index contributed by atoms with van der Waals surface area (Å²) >= 11 is 1.07. The van der Waals surface area contributed by atoms with Gasteiger partial charge in [0.15, 0.2) is 5.78 Å². The van der Waals surface area contributed by atoms with Gasteiger partial charge in [-0.15, -0.1) is 11.3 Å². The maximum Gasteiger partial charge on any atom is 0.341 e. The Hall–Kier alpha value is -2.41. The number of esters is 1. The third-order valence-corrected chi connectivity index (χ3v) is 4.58. The van der Waals surface area contributed by atoms with Crippen LogP contribution in [-0.2, 0) is 4.74 Å². The normalized spacial score (nSPS) is 10.4. The van der Waals surface area contributed by atoms with E-state index in [1.165, 1.54) is 13.2 Å². The van der Waals surface area contributed by atoms with Crippen molar-refractivity contribution >= 4 is 34.0 Å². The number of ether oxygens (including phenoxy) is 1. The molecule has 0 unspecified atom stereocenters. The number of Topliss-reactive ketones (excluding diaryl/α,β-unsaturated/α-hetero) is 1. The number of rotatable bonds is 5. The van der Waals surface area contributed by atoms with Crippen LogP contribution in [0.25, 0.3) is 0 Å². The third kappa shape index (κ3) is 3.34. The number of aryl methyl sites for hydroxylation is 1. The topological polar surface area (TPSA) is 85.6 Å². The molecule has 0 aliphatic rings. The molecule has 2 aromatic rings. The third-order valence-electron chi connectivity index (χ3n) is 3.28. The molecular formula is C16H17NO5S. The van der Waals surface area contributed by atoms with E-state index >= 15 is 0 Å². The minimum atomic E-state index is -0.562. The van der Waals surface area contributed by atoms with Gasteiger partial charge in [0.25, 0.3) is 5.91 Å². The number of anilines is 1. The van der Waals surface area contributed by atoms with Crippen LogP contribution in [0.5, 0.6) is 0 Å². The van der Waals surface area contributed by atoms with Crippen LogP contribution in [-0.4, -0.2) is 24.3 Å². The Labute approximate surface area is 137 Å². The van der Waals surface area contributed by atoms with Gasteiger partial charge in [-0.2, -0.15) is 0 Å². The van der Waals surface area contributed by atoms with Crippen molar-refractivity contribution in [2.24, 2.45) is 0 Å². The highest BCUT2D eigenvalue weighted by atomic mass is 32.1. The van der Waals surface area contributed by atoms with E-state index in [4.69, 9.17) is 9.15 Å². The van der Waals surface area contributed by atoms with Crippen molar-refractivity contribution < 1.29 is 23.5 Å². The molecule has 2 heterocycles. The average Bonchev–Trinajstić information content (AvgIpc) is 3.03. The van der Waals surface area contributed by atoms with Crippen molar-refractivity contribution in [3.63, 3.8) is 0 Å². The Bertz CT molecular complexity index is 772. The van der Waals surface area contributed by atoms with E-state index in [2.05, 4.69) is 5.32 Å². The zero-order chi connectivity index (χ0) is 17.1. The fourth-order valence-corrected chi connectivity index (χ4v) is 3.26. The SMILES string of the molecule is CCOC(=O)c1c(NC(=O)c2ccoc2C)sc(C(C)=O)c1C. The molecule has 23 heavy (non-hydrogen) atoms. The number of amides is 1. The Morgan fingerprint density at radius 3 is 2.52 bits per heavy atom. The zero-order valence-electron chi connectivity index (χ0n) is 13.3. The van der Waals surface area contributed by atoms with Gasteiger partial charge >= 0.3 is 5.97 Å². The highest BCUT2D eigenvalue weighted by Crippen LogP contribution is 2.34. The first-order valence-corrected chi connectivity index (χ1v) is 7.85. The lowest BCUT2D eigenvalue weighted by Crippen LogP contribution is -2.15. The number of hydrogen-bond acceptors (Lipinski definition) is 6. The average molecular weight is 335 g/mol. The molecule has 0 aliphatic carbocycles. The summed E-state index contributed by atoms with van der Waals surface area (Å²) in [7, 11) is 0. The second-order valence-corrected chi connectivity index (χ2v) is 5.90. The summed E-state index contributed by atoms with van der Waals surface area (Å²) in [6.07, 6.45) is 1.41. The summed E-state index contributed by atoms with van der Waals surface area (Å²) in [4.78, 5) is 36.6. The van der Waals surface area contributed by atoms with E-state index in [1.54, 1.807) is 26.8 Å². The van der Waals surface area contributed by atoms with Gasteiger partial charge in [0.1, 0.15) is 10.8 Å². The molecule has 0 saturated carbocycles. The first-order valence-electron chi connectivity index (χ1n) is 7.03. The summed E-state index contributed by atoms with van der Waals surface area (Å²) < 4.78 is 10.1. The molecule has 0 fully saturated rings. The zero-order valence-corrected chi connectivity index (χ0v) is 14.1. The monoisotopic (exact) mass is 335 g/mol. The summed E-state index contributed by atoms with van der Waals surface area (Å²) in [6, 6.07) is 1.54. The predicted molar refractivity (Wildman–Crippen MR) is 86.4 cm³/mol. The molecule has 2 aromatic heterocycles. The van der Waals surface area contributed by atoms with Gasteiger partial charge in [-0.3, -0.25) is 9.59 Å². The van der Waals surface area contributed by atoms with E-state index in [9.17, 15) is 14.4 Å². The molecule has 7 heteroatoms. The van der Waals surface area contributed by atoms with E-state index < -0.39 is 11.9 Å². The molecule has 122 valence electrons. The van der Waals surface area contributed by atoms with Crippen molar-refractivity contribution in [3.8, 4) is 0 Å². The molecule has 0 aromatic carbocycles. The lowest BCUT2D eigenvalue weighted by Gasteiger charge is -2.06. The Morgan fingerprint density at radius 2 is 2.00 bits per heavy atom. The second kappa shape index (κ2) is 6.78. The summed E-state index contributed by atoms with van der Waals surface area (Å²) in [6.45, 7) is 6.65. The number of hydrogen-bond donors (Lipinski definition) is 1. The molecule has 1 N–H and O–H groups in total. The van der Waals surface area contributed by atoms with Crippen LogP contribution in [0.15, 0.2) is 16.7 Å². The number of thiophene rings is 1. The van der Waals surface area contributed by atoms with E-state index in [1.807, 2.05) is 0 Å². The van der Waals surface area contributed by atoms with Gasteiger partial charge in [0.2, 0.25) is 0 Å². The van der Waals surface area contributed by atoms with Crippen molar-refractivity contribution in [1.29, 1.82) is 0 Å². The molecular weight excluding hydrogens is 318 g/mol. The molecule has 0 saturated heterocycles. The van der Waals surface area contributed by atoms with Crippen LogP contribution in [0.1, 0.15) is 55.6 Å². The van der Waals surface area contributed by atoms with Crippen LogP contribution >= 0.6 is 11.3 Å². The maximum atomic E-state index is 12.3. The largest absolute Gasteiger partial charge is 0.469 e. The first kappa shape index (κ1) is 17.0. The number of nitrogens with one attached hydrogen (secondary N) is 1. The molecule has 0 atom stereocenters. The summed E-state index contributed by atoms with van der Waals surface area (Å²) in [5, 5.41) is 2.98. The van der Waals surface area contributed by atoms with Crippen LogP contribution < -0.4 is 5.32 Å². The maximum absolute atomic E-state index is 12.3. The first-order chi connectivity index (χ1) is 10.9. The standard InChI is InChI=1S/C16H17NO5S/c1-5-21-16(20)12-8(2)13(9(3)18)23-15(12)17-14(19)11-6-7-22-10(11)4/h6-7H,5H2,1-4H3,(H,17,19). The van der Waals surface area contributed by atoms with E-state index in [0.29, 0.717) is 26.8 Å². The van der Waals surface area contributed by atoms with Crippen LogP contribution in [0.2, 0.25) is 0 Å². The van der Waals surface area contributed by atoms with Gasteiger partial charge in [0, 0.05) is 0 Å². The summed E-state index contributed by atoms with van der Waals surface area (Å²) in [5.41, 5.74) is 1.10. The van der Waals surface area contributed by atoms with Gasteiger partial charge in [-0.25, -0.2) is 4.79 Å². The van der Waals surface area contributed by atoms with Crippen LogP contribution in [0, 0.1) is 13.8 Å². The van der Waals surface area contributed by atoms with Crippen LogP contribution in [0.4, 0.5) is 5.00 Å². The van der Waals surface area contributed by atoms with Gasteiger partial charge < -0.3 is 14.5 Å². The molecule has 1 amide bonds. The van der Waals surface area contributed by atoms with Crippen molar-refractivity contribution in [3.05, 3.63) is 39.7 Å². The van der Waals surface area contributed by atoms with E-state index in [-0.39, 0.29) is 18.0 Å². The highest BCUT2D eigenvalue weighted by molar-refractivity contribution is 7.18. The quantitative estimate of drug-likeness (QED) is 0.666. The number of carbonyl (C=O) groups is 3. The Balaban J connectivity index is 2.42. The van der Waals surface area contributed by atoms with Crippen LogP contribution in [0.3, 0.4) is 0 Å². The fourth-order valence-electron chi connectivity index (χ4n) is 2.18. The lowest BCUT2D eigenvalue weighted by molar-refractivity contribution is 0.0527. The second-order valence-electron chi connectivity index (χ2n) is 4.88. The smallest absolute Gasteiger partial charge is 0.341 e. The number of ketones is 1. The molecule has 0 radical (unpaired) electrons. The summed E-state index contributed by atoms with van der Waals surface area (Å²) in [5.74, 6) is -0.663. The molecule has 0 aliphatic heterocycles. The minimum absolute atomic E-state index is 0.168. The van der Waals surface area contributed by atoms with Crippen molar-refractivity contribution in [2.45, 2.75) is 27.7 Å². The molecule has 0 bridgehead atoms. The van der Waals surface area contributed by atoms with Gasteiger partial charge in [-0.05, 0) is 39.3 Å². The molecule has 0 spiro atoms.